The summed E-state index contributed by atoms with van der Waals surface area (Å²) in [4.78, 5) is 50.9. The number of hydrogen-bond acceptors (Lipinski definition) is 11. The molecule has 6 aliphatic heterocycles. The van der Waals surface area contributed by atoms with Crippen LogP contribution in [0.25, 0.3) is 11.3 Å². The number of imide groups is 1. The molecular weight excluding hydrogens is 788 g/mol. The molecule has 4 N–H and O–H groups in total. The highest BCUT2D eigenvalue weighted by Gasteiger charge is 2.47. The summed E-state index contributed by atoms with van der Waals surface area (Å²) in [7, 11) is 0. The number of nitrogens with one attached hydrogen (secondary N) is 1. The van der Waals surface area contributed by atoms with Crippen molar-refractivity contribution in [3.8, 4) is 17.0 Å². The Bertz CT molecular complexity index is 2380. The van der Waals surface area contributed by atoms with Crippen molar-refractivity contribution >= 4 is 46.4 Å². The number of nitrogens with zero attached hydrogens (tertiary/aromatic N) is 8. The number of urea groups is 1. The van der Waals surface area contributed by atoms with Crippen molar-refractivity contribution in [1.29, 1.82) is 0 Å². The number of piperidine rings is 2. The minimum atomic E-state index is -0.447. The highest BCUT2D eigenvalue weighted by molar-refractivity contribution is 6.06. The van der Waals surface area contributed by atoms with E-state index in [1.807, 2.05) is 48.2 Å². The second kappa shape index (κ2) is 16.1. The van der Waals surface area contributed by atoms with Gasteiger partial charge in [0.05, 0.1) is 17.1 Å². The van der Waals surface area contributed by atoms with Gasteiger partial charge >= 0.3 is 6.03 Å². The maximum absolute atomic E-state index is 15.6. The number of rotatable bonds is 8. The van der Waals surface area contributed by atoms with Gasteiger partial charge in [0, 0.05) is 98.8 Å². The number of anilines is 5. The minimum absolute atomic E-state index is 0.0122. The minimum Gasteiger partial charge on any atom is -0.507 e. The Labute approximate surface area is 361 Å². The lowest BCUT2D eigenvalue weighted by Gasteiger charge is -2.54. The van der Waals surface area contributed by atoms with Crippen LogP contribution in [0.15, 0.2) is 66.7 Å². The number of phenolic OH excluding ortho intramolecular Hbond substituents is 1. The summed E-state index contributed by atoms with van der Waals surface area (Å²) in [6, 6.07) is 20.2. The third kappa shape index (κ3) is 7.54. The SMILES string of the molecule is Cc1ccc(C(=O)N2CC3(CCN(CC4CCN(c5cc(N6C7CCC6CN(c6cc(-c8ccccc8O)nnc6N)C7)ccc5F)CC4)CC3)C2)cc1N1CCC(=O)NC1=O. The van der Waals surface area contributed by atoms with Gasteiger partial charge in [-0.3, -0.25) is 19.8 Å². The summed E-state index contributed by atoms with van der Waals surface area (Å²) < 4.78 is 15.6. The summed E-state index contributed by atoms with van der Waals surface area (Å²) >= 11 is 0. The zero-order valence-corrected chi connectivity index (χ0v) is 35.3. The van der Waals surface area contributed by atoms with Crippen LogP contribution < -0.4 is 30.7 Å². The Hall–Kier alpha value is -5.96. The van der Waals surface area contributed by atoms with Gasteiger partial charge in [0.15, 0.2) is 5.82 Å². The number of halogens is 1. The van der Waals surface area contributed by atoms with Gasteiger partial charge in [-0.1, -0.05) is 18.2 Å². The van der Waals surface area contributed by atoms with E-state index in [1.54, 1.807) is 29.2 Å². The number of carbonyl (C=O) groups excluding carboxylic acids is 3. The number of carbonyl (C=O) groups is 3. The first-order valence-electron chi connectivity index (χ1n) is 22.2. The van der Waals surface area contributed by atoms with Gasteiger partial charge in [-0.2, -0.15) is 0 Å². The van der Waals surface area contributed by atoms with Crippen molar-refractivity contribution in [3.63, 3.8) is 0 Å². The smallest absolute Gasteiger partial charge is 0.328 e. The van der Waals surface area contributed by atoms with Crippen LogP contribution in [-0.4, -0.2) is 120 Å². The number of aryl methyl sites for hydroxylation is 1. The Balaban J connectivity index is 0.709. The van der Waals surface area contributed by atoms with Crippen molar-refractivity contribution < 1.29 is 23.9 Å². The van der Waals surface area contributed by atoms with E-state index in [-0.39, 0.29) is 47.3 Å². The number of nitrogens with two attached hydrogens (primary N) is 1. The number of amides is 4. The molecule has 62 heavy (non-hydrogen) atoms. The van der Waals surface area contributed by atoms with Gasteiger partial charge in [0.25, 0.3) is 5.91 Å². The largest absolute Gasteiger partial charge is 0.507 e. The van der Waals surface area contributed by atoms with Crippen LogP contribution in [0.3, 0.4) is 0 Å². The van der Waals surface area contributed by atoms with E-state index < -0.39 is 6.03 Å². The fraction of sp³-hybridized carbons (Fsp3) is 0.468. The van der Waals surface area contributed by atoms with E-state index in [9.17, 15) is 19.5 Å². The lowest BCUT2D eigenvalue weighted by atomic mass is 9.71. The van der Waals surface area contributed by atoms with Gasteiger partial charge in [0.2, 0.25) is 5.91 Å². The van der Waals surface area contributed by atoms with Crippen LogP contribution in [0, 0.1) is 24.1 Å². The molecule has 7 heterocycles. The Kier molecular flexibility index (Phi) is 10.4. The zero-order chi connectivity index (χ0) is 42.7. The fourth-order valence-corrected chi connectivity index (χ4v) is 11.1. The average Bonchev–Trinajstić information content (AvgIpc) is 3.52. The molecule has 0 aliphatic carbocycles. The molecule has 0 radical (unpaired) electrons. The van der Waals surface area contributed by atoms with Crippen LogP contribution in [0.1, 0.15) is 60.9 Å². The molecule has 1 spiro atoms. The van der Waals surface area contributed by atoms with E-state index in [0.717, 1.165) is 114 Å². The van der Waals surface area contributed by atoms with E-state index in [0.29, 0.717) is 46.5 Å². The quantitative estimate of drug-likeness (QED) is 0.202. The maximum atomic E-state index is 15.6. The number of nitrogen functional groups attached to an aromatic ring is 1. The maximum Gasteiger partial charge on any atom is 0.328 e. The van der Waals surface area contributed by atoms with Gasteiger partial charge in [-0.05, 0) is 119 Å². The highest BCUT2D eigenvalue weighted by Crippen LogP contribution is 2.43. The highest BCUT2D eigenvalue weighted by atomic mass is 19.1. The molecule has 0 saturated carbocycles. The second-order valence-electron chi connectivity index (χ2n) is 18.5. The molecule has 10 rings (SSSR count). The van der Waals surface area contributed by atoms with Crippen LogP contribution in [-0.2, 0) is 4.79 Å². The summed E-state index contributed by atoms with van der Waals surface area (Å²) in [6.07, 6.45) is 6.50. The fourth-order valence-electron chi connectivity index (χ4n) is 11.1. The van der Waals surface area contributed by atoms with E-state index in [2.05, 4.69) is 41.2 Å². The van der Waals surface area contributed by atoms with Crippen LogP contribution in [0.4, 0.5) is 37.8 Å². The molecule has 3 aromatic carbocycles. The zero-order valence-electron chi connectivity index (χ0n) is 35.3. The van der Waals surface area contributed by atoms with E-state index in [1.165, 1.54) is 0 Å². The van der Waals surface area contributed by atoms with Crippen LogP contribution >= 0.6 is 0 Å². The molecule has 6 fully saturated rings. The first kappa shape index (κ1) is 40.1. The lowest BCUT2D eigenvalue weighted by molar-refractivity contribution is -0.120. The molecular formula is C47H55FN10O4. The summed E-state index contributed by atoms with van der Waals surface area (Å²) in [5.74, 6) is 0.619. The van der Waals surface area contributed by atoms with Crippen LogP contribution in [0.5, 0.6) is 5.75 Å². The lowest BCUT2D eigenvalue weighted by Crippen LogP contribution is -2.62. The van der Waals surface area contributed by atoms with Crippen molar-refractivity contribution in [2.45, 2.75) is 64.0 Å². The third-order valence-corrected chi connectivity index (χ3v) is 14.6. The number of hydrogen-bond donors (Lipinski definition) is 3. The molecule has 2 bridgehead atoms. The molecule has 15 heteroatoms. The summed E-state index contributed by atoms with van der Waals surface area (Å²) in [5.41, 5.74) is 12.4. The normalized spacial score (nSPS) is 22.9. The van der Waals surface area contributed by atoms with Crippen molar-refractivity contribution in [2.24, 2.45) is 11.3 Å². The van der Waals surface area contributed by atoms with Crippen molar-refractivity contribution in [1.82, 2.24) is 25.3 Å². The second-order valence-corrected chi connectivity index (χ2v) is 18.5. The average molecular weight is 843 g/mol. The first-order chi connectivity index (χ1) is 30.0. The van der Waals surface area contributed by atoms with Crippen LogP contribution in [0.2, 0.25) is 0 Å². The molecule has 4 amide bonds. The Morgan fingerprint density at radius 1 is 0.855 bits per heavy atom. The number of phenols is 1. The van der Waals surface area contributed by atoms with E-state index in [4.69, 9.17) is 5.73 Å². The van der Waals surface area contributed by atoms with Gasteiger partial charge in [0.1, 0.15) is 11.6 Å². The van der Waals surface area contributed by atoms with Gasteiger partial charge in [-0.15, -0.1) is 10.2 Å². The number of fused-ring (bicyclic) bond motifs is 2. The standard InChI is InChI=1S/C47H55FN10O4/c1-30-6-7-32(22-39(30)57-19-14-43(60)50-46(57)62)45(61)56-28-47(29-56)15-20-53(21-16-47)25-31-12-17-54(18-13-31)40-23-33(10-11-37(40)48)58-34-8-9-35(58)27-55(26-34)41-24-38(51-52-44(41)49)36-4-2-3-5-42(36)59/h2-7,10-11,22-24,31,34-35,59H,8-9,12-21,25-29H2,1H3,(H2,49,52)(H,50,60,62). The number of benzene rings is 3. The topological polar surface area (TPSA) is 155 Å². The monoisotopic (exact) mass is 842 g/mol. The number of piperazine rings is 1. The molecule has 14 nitrogen and oxygen atoms in total. The Morgan fingerprint density at radius 2 is 1.60 bits per heavy atom. The van der Waals surface area contributed by atoms with Gasteiger partial charge < -0.3 is 35.3 Å². The number of aromatic nitrogens is 2. The summed E-state index contributed by atoms with van der Waals surface area (Å²) in [6.45, 7) is 9.99. The van der Waals surface area contributed by atoms with E-state index >= 15 is 4.39 Å². The summed E-state index contributed by atoms with van der Waals surface area (Å²) in [5, 5.41) is 21.4. The number of aromatic hydroxyl groups is 1. The molecule has 6 aliphatic rings. The first-order valence-corrected chi connectivity index (χ1v) is 22.2. The third-order valence-electron chi connectivity index (χ3n) is 14.6. The molecule has 324 valence electrons. The Morgan fingerprint density at radius 3 is 2.32 bits per heavy atom. The number of likely N-dealkylation sites (tertiary alicyclic amines) is 2. The molecule has 2 atom stereocenters. The predicted molar refractivity (Wildman–Crippen MR) is 237 cm³/mol. The van der Waals surface area contributed by atoms with Gasteiger partial charge in [-0.25, -0.2) is 9.18 Å². The molecule has 2 unspecified atom stereocenters. The molecule has 1 aromatic heterocycles. The number of para-hydroxylation sites is 1. The molecule has 6 saturated heterocycles. The molecule has 4 aromatic rings. The predicted octanol–water partition coefficient (Wildman–Crippen LogP) is 5.64. The van der Waals surface area contributed by atoms with Crippen molar-refractivity contribution in [2.75, 3.05) is 90.8 Å². The van der Waals surface area contributed by atoms with Crippen molar-refractivity contribution in [3.05, 3.63) is 83.7 Å².